The molecule has 168 valence electrons. The van der Waals surface area contributed by atoms with E-state index in [1.54, 1.807) is 31.4 Å². The molecule has 0 radical (unpaired) electrons. The third kappa shape index (κ3) is 5.53. The molecule has 0 aliphatic heterocycles. The molecular formula is C24H20ClFN4O2S. The summed E-state index contributed by atoms with van der Waals surface area (Å²) < 4.78 is 20.2. The summed E-state index contributed by atoms with van der Waals surface area (Å²) >= 11 is 7.62. The van der Waals surface area contributed by atoms with E-state index in [4.69, 9.17) is 16.3 Å². The van der Waals surface area contributed by atoms with Gasteiger partial charge in [-0.05, 0) is 35.9 Å². The van der Waals surface area contributed by atoms with Gasteiger partial charge in [0.05, 0.1) is 23.6 Å². The molecule has 1 aromatic heterocycles. The Kier molecular flexibility index (Phi) is 7.26. The lowest BCUT2D eigenvalue weighted by atomic mass is 10.2. The molecule has 0 spiro atoms. The van der Waals surface area contributed by atoms with Crippen molar-refractivity contribution in [3.63, 3.8) is 0 Å². The van der Waals surface area contributed by atoms with Gasteiger partial charge in [0.2, 0.25) is 5.91 Å². The molecule has 3 aromatic carbocycles. The molecule has 4 aromatic rings. The number of ether oxygens (including phenoxy) is 1. The third-order valence-electron chi connectivity index (χ3n) is 4.79. The zero-order chi connectivity index (χ0) is 23.2. The van der Waals surface area contributed by atoms with E-state index in [9.17, 15) is 9.18 Å². The summed E-state index contributed by atoms with van der Waals surface area (Å²) in [6.45, 7) is 0.315. The van der Waals surface area contributed by atoms with E-state index < -0.39 is 0 Å². The highest BCUT2D eigenvalue weighted by atomic mass is 35.5. The van der Waals surface area contributed by atoms with E-state index in [0.717, 1.165) is 16.8 Å². The first-order valence-electron chi connectivity index (χ1n) is 10.0. The highest BCUT2D eigenvalue weighted by Crippen LogP contribution is 2.32. The fourth-order valence-corrected chi connectivity index (χ4v) is 4.18. The van der Waals surface area contributed by atoms with E-state index in [1.165, 1.54) is 23.9 Å². The van der Waals surface area contributed by atoms with Crippen molar-refractivity contribution in [2.24, 2.45) is 0 Å². The topological polar surface area (TPSA) is 69.0 Å². The average Bonchev–Trinajstić information content (AvgIpc) is 3.27. The van der Waals surface area contributed by atoms with Crippen molar-refractivity contribution in [3.05, 3.63) is 89.2 Å². The molecule has 1 heterocycles. The smallest absolute Gasteiger partial charge is 0.230 e. The Morgan fingerprint density at radius 1 is 1.09 bits per heavy atom. The highest BCUT2D eigenvalue weighted by Gasteiger charge is 2.18. The number of nitrogens with one attached hydrogen (secondary N) is 1. The molecule has 0 bridgehead atoms. The van der Waals surface area contributed by atoms with Gasteiger partial charge in [0.15, 0.2) is 11.0 Å². The fraction of sp³-hybridized carbons (Fsp3) is 0.125. The second-order valence-electron chi connectivity index (χ2n) is 7.02. The highest BCUT2D eigenvalue weighted by molar-refractivity contribution is 7.99. The molecule has 0 saturated heterocycles. The van der Waals surface area contributed by atoms with Gasteiger partial charge in [-0.15, -0.1) is 10.2 Å². The van der Waals surface area contributed by atoms with Gasteiger partial charge in [-0.2, -0.15) is 0 Å². The van der Waals surface area contributed by atoms with Crippen molar-refractivity contribution >= 4 is 29.3 Å². The van der Waals surface area contributed by atoms with Crippen LogP contribution in [0, 0.1) is 5.82 Å². The van der Waals surface area contributed by atoms with E-state index in [-0.39, 0.29) is 17.5 Å². The first kappa shape index (κ1) is 22.8. The van der Waals surface area contributed by atoms with Gasteiger partial charge in [-0.3, -0.25) is 9.36 Å². The summed E-state index contributed by atoms with van der Waals surface area (Å²) in [7, 11) is 1.56. The predicted octanol–water partition coefficient (Wildman–Crippen LogP) is 5.14. The van der Waals surface area contributed by atoms with Crippen LogP contribution >= 0.6 is 23.4 Å². The predicted molar refractivity (Wildman–Crippen MR) is 127 cm³/mol. The maximum absolute atomic E-state index is 13.0. The van der Waals surface area contributed by atoms with Crippen LogP contribution in [0.1, 0.15) is 5.56 Å². The molecule has 0 atom stereocenters. The van der Waals surface area contributed by atoms with Crippen molar-refractivity contribution in [2.45, 2.75) is 11.7 Å². The second-order valence-corrected chi connectivity index (χ2v) is 8.37. The lowest BCUT2D eigenvalue weighted by Gasteiger charge is -2.12. The van der Waals surface area contributed by atoms with Gasteiger partial charge in [0, 0.05) is 12.1 Å². The minimum Gasteiger partial charge on any atom is -0.495 e. The van der Waals surface area contributed by atoms with Crippen molar-refractivity contribution in [2.75, 3.05) is 12.9 Å². The second kappa shape index (κ2) is 10.5. The number of hydrogen-bond donors (Lipinski definition) is 1. The molecule has 6 nitrogen and oxygen atoms in total. The van der Waals surface area contributed by atoms with Crippen LogP contribution in [-0.2, 0) is 11.3 Å². The maximum atomic E-state index is 13.0. The average molecular weight is 483 g/mol. The Bertz CT molecular complexity index is 1250. The SMILES string of the molecule is COc1ccc(-n2c(SCC(=O)NCc3ccc(F)cc3)nnc2-c2ccccc2)cc1Cl. The van der Waals surface area contributed by atoms with E-state index >= 15 is 0 Å². The Morgan fingerprint density at radius 3 is 2.55 bits per heavy atom. The van der Waals surface area contributed by atoms with Crippen LogP contribution in [0.4, 0.5) is 4.39 Å². The Hall–Kier alpha value is -3.36. The quantitative estimate of drug-likeness (QED) is 0.352. The molecule has 4 rings (SSSR count). The van der Waals surface area contributed by atoms with Gasteiger partial charge in [0.25, 0.3) is 0 Å². The number of methoxy groups -OCH3 is 1. The number of thioether (sulfide) groups is 1. The Labute approximate surface area is 199 Å². The van der Waals surface area contributed by atoms with Crippen LogP contribution in [0.3, 0.4) is 0 Å². The number of aromatic nitrogens is 3. The van der Waals surface area contributed by atoms with Crippen LogP contribution < -0.4 is 10.1 Å². The number of nitrogens with zero attached hydrogens (tertiary/aromatic N) is 3. The normalized spacial score (nSPS) is 10.8. The first-order valence-corrected chi connectivity index (χ1v) is 11.4. The molecule has 1 amide bonds. The van der Waals surface area contributed by atoms with Gasteiger partial charge >= 0.3 is 0 Å². The largest absolute Gasteiger partial charge is 0.495 e. The summed E-state index contributed by atoms with van der Waals surface area (Å²) in [5.74, 6) is 0.841. The number of carbonyl (C=O) groups excluding carboxylic acids is 1. The van der Waals surface area contributed by atoms with Crippen LogP contribution in [0.15, 0.2) is 78.0 Å². The number of amides is 1. The van der Waals surface area contributed by atoms with Crippen LogP contribution in [0.25, 0.3) is 17.1 Å². The van der Waals surface area contributed by atoms with E-state index in [2.05, 4.69) is 15.5 Å². The lowest BCUT2D eigenvalue weighted by Crippen LogP contribution is -2.24. The zero-order valence-corrected chi connectivity index (χ0v) is 19.2. The Morgan fingerprint density at radius 2 is 1.85 bits per heavy atom. The molecule has 0 fully saturated rings. The standard InChI is InChI=1S/C24H20ClFN4O2S/c1-32-21-12-11-19(13-20(21)25)30-23(17-5-3-2-4-6-17)28-29-24(30)33-15-22(31)27-14-16-7-9-18(26)10-8-16/h2-13H,14-15H2,1H3,(H,27,31). The molecular weight excluding hydrogens is 463 g/mol. The van der Waals surface area contributed by atoms with Crippen LogP contribution in [-0.4, -0.2) is 33.5 Å². The molecule has 33 heavy (non-hydrogen) atoms. The lowest BCUT2D eigenvalue weighted by molar-refractivity contribution is -0.118. The number of benzene rings is 3. The monoisotopic (exact) mass is 482 g/mol. The van der Waals surface area contributed by atoms with Gasteiger partial charge in [-0.1, -0.05) is 65.8 Å². The number of carbonyl (C=O) groups is 1. The van der Waals surface area contributed by atoms with Crippen molar-refractivity contribution in [3.8, 4) is 22.8 Å². The molecule has 0 aliphatic rings. The van der Waals surface area contributed by atoms with Gasteiger partial charge in [-0.25, -0.2) is 4.39 Å². The third-order valence-corrected chi connectivity index (χ3v) is 6.02. The maximum Gasteiger partial charge on any atom is 0.230 e. The fourth-order valence-electron chi connectivity index (χ4n) is 3.15. The number of hydrogen-bond acceptors (Lipinski definition) is 5. The van der Waals surface area contributed by atoms with Gasteiger partial charge < -0.3 is 10.1 Å². The summed E-state index contributed by atoms with van der Waals surface area (Å²) in [5.41, 5.74) is 2.44. The Balaban J connectivity index is 1.55. The molecule has 0 unspecified atom stereocenters. The molecule has 0 aliphatic carbocycles. The zero-order valence-electron chi connectivity index (χ0n) is 17.7. The summed E-state index contributed by atoms with van der Waals surface area (Å²) in [4.78, 5) is 12.4. The van der Waals surface area contributed by atoms with Gasteiger partial charge in [0.1, 0.15) is 11.6 Å². The summed E-state index contributed by atoms with van der Waals surface area (Å²) in [5, 5.41) is 12.5. The van der Waals surface area contributed by atoms with Crippen LogP contribution in [0.2, 0.25) is 5.02 Å². The van der Waals surface area contributed by atoms with E-state index in [1.807, 2.05) is 41.0 Å². The van der Waals surface area contributed by atoms with Crippen molar-refractivity contribution in [1.82, 2.24) is 20.1 Å². The molecule has 9 heteroatoms. The van der Waals surface area contributed by atoms with Crippen LogP contribution in [0.5, 0.6) is 5.75 Å². The summed E-state index contributed by atoms with van der Waals surface area (Å²) in [6.07, 6.45) is 0. The minimum atomic E-state index is -0.312. The minimum absolute atomic E-state index is 0.137. The van der Waals surface area contributed by atoms with E-state index in [0.29, 0.717) is 28.3 Å². The van der Waals surface area contributed by atoms with Crippen molar-refractivity contribution in [1.29, 1.82) is 0 Å². The number of halogens is 2. The van der Waals surface area contributed by atoms with Crippen molar-refractivity contribution < 1.29 is 13.9 Å². The first-order chi connectivity index (χ1) is 16.0. The number of rotatable bonds is 8. The molecule has 0 saturated carbocycles. The summed E-state index contributed by atoms with van der Waals surface area (Å²) in [6, 6.07) is 21.1. The molecule has 1 N–H and O–H groups in total.